The summed E-state index contributed by atoms with van der Waals surface area (Å²) in [7, 11) is 0. The van der Waals surface area contributed by atoms with Gasteiger partial charge in [0.05, 0.1) is 12.3 Å². The second-order valence-electron chi connectivity index (χ2n) is 8.75. The Kier molecular flexibility index (Phi) is 7.32. The number of benzene rings is 2. The molecule has 2 aliphatic heterocycles. The molecule has 204 valence electrons. The topological polar surface area (TPSA) is 79.8 Å². The van der Waals surface area contributed by atoms with Crippen molar-refractivity contribution in [2.75, 3.05) is 19.8 Å². The SMILES string of the molecule is CCOC1=Cc2c(c(C[N+]3=C(c4ccc(Cl)cc4)N(C[C@H](O)C(F)(F)F)C3=O)nn2-c2cccc(Cl)c2)OC1. The molecule has 3 heterocycles. The maximum atomic E-state index is 13.1. The van der Waals surface area contributed by atoms with Gasteiger partial charge in [-0.2, -0.15) is 27.7 Å². The van der Waals surface area contributed by atoms with Crippen molar-refractivity contribution in [3.63, 3.8) is 0 Å². The zero-order valence-electron chi connectivity index (χ0n) is 20.5. The number of ether oxygens (including phenoxy) is 2. The number of urea groups is 1. The van der Waals surface area contributed by atoms with E-state index in [0.29, 0.717) is 50.8 Å². The average molecular weight is 582 g/mol. The number of rotatable bonds is 8. The molecule has 0 aliphatic carbocycles. The molecule has 2 aromatic carbocycles. The van der Waals surface area contributed by atoms with Crippen LogP contribution in [0.5, 0.6) is 5.75 Å². The molecule has 8 nitrogen and oxygen atoms in total. The zero-order valence-corrected chi connectivity index (χ0v) is 22.0. The molecule has 2 aliphatic rings. The van der Waals surface area contributed by atoms with Crippen LogP contribution in [0, 0.1) is 0 Å². The number of fused-ring (bicyclic) bond motifs is 1. The molecule has 1 atom stereocenters. The van der Waals surface area contributed by atoms with E-state index >= 15 is 0 Å². The predicted octanol–water partition coefficient (Wildman–Crippen LogP) is 5.27. The van der Waals surface area contributed by atoms with Crippen LogP contribution in [0.25, 0.3) is 11.8 Å². The van der Waals surface area contributed by atoms with E-state index < -0.39 is 24.9 Å². The second-order valence-corrected chi connectivity index (χ2v) is 9.63. The van der Waals surface area contributed by atoms with Gasteiger partial charge in [-0.15, -0.1) is 0 Å². The minimum atomic E-state index is -4.89. The van der Waals surface area contributed by atoms with Gasteiger partial charge in [-0.3, -0.25) is 0 Å². The molecular weight excluding hydrogens is 560 g/mol. The van der Waals surface area contributed by atoms with E-state index in [-0.39, 0.29) is 19.0 Å². The van der Waals surface area contributed by atoms with Crippen molar-refractivity contribution < 1.29 is 37.1 Å². The Labute approximate surface area is 231 Å². The molecule has 39 heavy (non-hydrogen) atoms. The lowest BCUT2D eigenvalue weighted by atomic mass is 10.1. The number of nitrogens with zero attached hydrogens (tertiary/aromatic N) is 4. The highest BCUT2D eigenvalue weighted by Gasteiger charge is 2.50. The Balaban J connectivity index is 1.59. The standard InChI is InChI=1S/C26H22Cl2F3N4O4/c1-2-38-19-11-21-23(39-14-19)20(32-35(21)18-5-3-4-17(28)10-18)12-33-24(15-6-8-16(27)9-7-15)34(25(33)37)13-22(36)26(29,30)31/h3-11,22,36H,2,12-14H2,1H3/q+1/t22-/m0/s1. The number of alkyl halides is 3. The first-order chi connectivity index (χ1) is 18.6. The summed E-state index contributed by atoms with van der Waals surface area (Å²) in [5.74, 6) is 1.16. The number of β-amino-alcohol motifs (C(OH)–C–C–N with tert-alkyl or cyclic N) is 1. The summed E-state index contributed by atoms with van der Waals surface area (Å²) in [4.78, 5) is 14.0. The molecule has 2 amide bonds. The lowest BCUT2D eigenvalue weighted by Crippen LogP contribution is -2.60. The van der Waals surface area contributed by atoms with Gasteiger partial charge in [0, 0.05) is 21.7 Å². The van der Waals surface area contributed by atoms with Crippen molar-refractivity contribution in [1.82, 2.24) is 14.7 Å². The van der Waals surface area contributed by atoms with Gasteiger partial charge in [-0.25, -0.2) is 9.48 Å². The lowest BCUT2D eigenvalue weighted by molar-refractivity contribution is -0.484. The first-order valence-electron chi connectivity index (χ1n) is 11.9. The lowest BCUT2D eigenvalue weighted by Gasteiger charge is -2.32. The number of carbonyl (C=O) groups is 1. The Morgan fingerprint density at radius 3 is 2.59 bits per heavy atom. The van der Waals surface area contributed by atoms with Crippen LogP contribution in [0.4, 0.5) is 18.0 Å². The van der Waals surface area contributed by atoms with Crippen molar-refractivity contribution in [3.8, 4) is 11.4 Å². The van der Waals surface area contributed by atoms with Crippen LogP contribution in [0.1, 0.15) is 23.9 Å². The maximum absolute atomic E-state index is 13.1. The van der Waals surface area contributed by atoms with Gasteiger partial charge in [-0.05, 0) is 49.4 Å². The number of amidine groups is 1. The molecule has 0 saturated heterocycles. The van der Waals surface area contributed by atoms with Crippen LogP contribution in [0.3, 0.4) is 0 Å². The largest absolute Gasteiger partial charge is 0.495 e. The highest BCUT2D eigenvalue weighted by molar-refractivity contribution is 6.31. The third kappa shape index (κ3) is 5.34. The minimum absolute atomic E-state index is 0.108. The monoisotopic (exact) mass is 581 g/mol. The van der Waals surface area contributed by atoms with Crippen LogP contribution in [-0.2, 0) is 11.3 Å². The van der Waals surface area contributed by atoms with Gasteiger partial charge in [0.15, 0.2) is 11.9 Å². The van der Waals surface area contributed by atoms with Crippen LogP contribution in [0.2, 0.25) is 10.0 Å². The summed E-state index contributed by atoms with van der Waals surface area (Å²) in [6.45, 7) is 1.36. The van der Waals surface area contributed by atoms with E-state index in [2.05, 4.69) is 5.10 Å². The molecule has 1 N–H and O–H groups in total. The first kappa shape index (κ1) is 27.0. The molecule has 13 heteroatoms. The van der Waals surface area contributed by atoms with Gasteiger partial charge >= 0.3 is 12.2 Å². The summed E-state index contributed by atoms with van der Waals surface area (Å²) in [6, 6.07) is 12.5. The number of halogens is 5. The summed E-state index contributed by atoms with van der Waals surface area (Å²) in [5, 5.41) is 15.2. The number of aliphatic hydroxyl groups is 1. The smallest absolute Gasteiger partial charge is 0.446 e. The van der Waals surface area contributed by atoms with E-state index in [1.807, 2.05) is 6.92 Å². The number of hydrogen-bond donors (Lipinski definition) is 1. The predicted molar refractivity (Wildman–Crippen MR) is 137 cm³/mol. The van der Waals surface area contributed by atoms with Gasteiger partial charge < -0.3 is 14.6 Å². The van der Waals surface area contributed by atoms with Crippen LogP contribution in [-0.4, -0.2) is 68.3 Å². The molecule has 5 rings (SSSR count). The van der Waals surface area contributed by atoms with Gasteiger partial charge in [0.1, 0.15) is 36.8 Å². The molecule has 0 saturated carbocycles. The number of hydrogen-bond acceptors (Lipinski definition) is 5. The number of amides is 2. The highest BCUT2D eigenvalue weighted by Crippen LogP contribution is 2.35. The van der Waals surface area contributed by atoms with Gasteiger partial charge in [0.25, 0.3) is 0 Å². The number of aliphatic hydroxyl groups excluding tert-OH is 1. The molecule has 0 spiro atoms. The van der Waals surface area contributed by atoms with Crippen molar-refractivity contribution in [3.05, 3.63) is 81.3 Å². The Morgan fingerprint density at radius 2 is 1.92 bits per heavy atom. The van der Waals surface area contributed by atoms with E-state index in [0.717, 1.165) is 4.90 Å². The van der Waals surface area contributed by atoms with Gasteiger partial charge in [-0.1, -0.05) is 29.3 Å². The van der Waals surface area contributed by atoms with Crippen molar-refractivity contribution in [2.45, 2.75) is 25.7 Å². The zero-order chi connectivity index (χ0) is 27.9. The van der Waals surface area contributed by atoms with Crippen LogP contribution < -0.4 is 4.74 Å². The van der Waals surface area contributed by atoms with Crippen molar-refractivity contribution >= 4 is 41.1 Å². The molecular formula is C26H22Cl2F3N4O4+. The molecule has 1 aromatic heterocycles. The summed E-state index contributed by atoms with van der Waals surface area (Å²) in [6.07, 6.45) is -5.82. The highest BCUT2D eigenvalue weighted by atomic mass is 35.5. The van der Waals surface area contributed by atoms with Crippen LogP contribution in [0.15, 0.2) is 54.3 Å². The summed E-state index contributed by atoms with van der Waals surface area (Å²) < 4.78 is 53.8. The van der Waals surface area contributed by atoms with E-state index in [9.17, 15) is 23.1 Å². The summed E-state index contributed by atoms with van der Waals surface area (Å²) >= 11 is 12.2. The molecule has 0 bridgehead atoms. The van der Waals surface area contributed by atoms with Gasteiger partial charge in [0.2, 0.25) is 5.84 Å². The summed E-state index contributed by atoms with van der Waals surface area (Å²) in [5.41, 5.74) is 2.00. The van der Waals surface area contributed by atoms with Crippen LogP contribution >= 0.6 is 23.2 Å². The second kappa shape index (κ2) is 10.6. The third-order valence-electron chi connectivity index (χ3n) is 6.10. The van der Waals surface area contributed by atoms with E-state index in [1.165, 1.54) is 4.58 Å². The molecule has 0 unspecified atom stereocenters. The number of aromatic nitrogens is 2. The Bertz CT molecular complexity index is 1490. The third-order valence-corrected chi connectivity index (χ3v) is 6.59. The molecule has 3 aromatic rings. The van der Waals surface area contributed by atoms with E-state index in [1.54, 1.807) is 59.3 Å². The van der Waals surface area contributed by atoms with Crippen molar-refractivity contribution in [1.29, 1.82) is 0 Å². The first-order valence-corrected chi connectivity index (χ1v) is 12.6. The number of carbonyl (C=O) groups excluding carboxylic acids is 1. The quantitative estimate of drug-likeness (QED) is 0.367. The Morgan fingerprint density at radius 1 is 1.18 bits per heavy atom. The van der Waals surface area contributed by atoms with Crippen molar-refractivity contribution in [2.24, 2.45) is 0 Å². The fraction of sp³-hybridized carbons (Fsp3) is 0.269. The fourth-order valence-electron chi connectivity index (χ4n) is 4.33. The van der Waals surface area contributed by atoms with E-state index in [4.69, 9.17) is 32.7 Å². The molecule has 0 radical (unpaired) electrons. The fourth-order valence-corrected chi connectivity index (χ4v) is 4.64. The minimum Gasteiger partial charge on any atom is -0.495 e. The Hall–Kier alpha value is -3.54. The maximum Gasteiger partial charge on any atom is 0.446 e. The normalized spacial score (nSPS) is 15.9. The average Bonchev–Trinajstić information content (AvgIpc) is 3.25. The molecule has 0 fully saturated rings.